The van der Waals surface area contributed by atoms with Crippen LogP contribution in [0.2, 0.25) is 0 Å². The van der Waals surface area contributed by atoms with Crippen molar-refractivity contribution in [1.29, 1.82) is 0 Å². The number of piperidine rings is 1. The van der Waals surface area contributed by atoms with Gasteiger partial charge in [0.2, 0.25) is 0 Å². The van der Waals surface area contributed by atoms with Crippen LogP contribution in [0.5, 0.6) is 0 Å². The Balaban J connectivity index is 1.29. The molecule has 6 nitrogen and oxygen atoms in total. The van der Waals surface area contributed by atoms with Crippen molar-refractivity contribution in [2.45, 2.75) is 38.5 Å². The molecular weight excluding hydrogens is 362 g/mol. The number of aromatic nitrogens is 2. The first-order chi connectivity index (χ1) is 14.3. The second-order valence-electron chi connectivity index (χ2n) is 8.04. The maximum absolute atomic E-state index is 12.4. The first-order valence-electron chi connectivity index (χ1n) is 11.0. The van der Waals surface area contributed by atoms with Crippen molar-refractivity contribution in [2.24, 2.45) is 0 Å². The molecule has 1 N–H and O–H groups in total. The molecule has 29 heavy (non-hydrogen) atoms. The van der Waals surface area contributed by atoms with Gasteiger partial charge >= 0.3 is 0 Å². The lowest BCUT2D eigenvalue weighted by molar-refractivity contribution is 0.0951. The molecule has 0 spiro atoms. The van der Waals surface area contributed by atoms with Crippen LogP contribution in [0, 0.1) is 0 Å². The van der Waals surface area contributed by atoms with Crippen LogP contribution in [-0.2, 0) is 0 Å². The van der Waals surface area contributed by atoms with Gasteiger partial charge in [-0.3, -0.25) is 4.79 Å². The van der Waals surface area contributed by atoms with Gasteiger partial charge in [0.15, 0.2) is 0 Å². The SMILES string of the molecule is O=C(NCCCN1CCCCC1)c1ccc(-c2cc(N3CCCC3)ncn2)cc1. The highest BCUT2D eigenvalue weighted by Gasteiger charge is 2.15. The smallest absolute Gasteiger partial charge is 0.251 e. The van der Waals surface area contributed by atoms with Crippen molar-refractivity contribution in [3.8, 4) is 11.3 Å². The predicted octanol–water partition coefficient (Wildman–Crippen LogP) is 3.35. The van der Waals surface area contributed by atoms with Crippen molar-refractivity contribution in [2.75, 3.05) is 44.2 Å². The van der Waals surface area contributed by atoms with E-state index in [4.69, 9.17) is 0 Å². The number of carbonyl (C=O) groups is 1. The van der Waals surface area contributed by atoms with E-state index >= 15 is 0 Å². The third-order valence-corrected chi connectivity index (χ3v) is 5.91. The Labute approximate surface area is 173 Å². The summed E-state index contributed by atoms with van der Waals surface area (Å²) < 4.78 is 0. The third kappa shape index (κ3) is 5.32. The fourth-order valence-electron chi connectivity index (χ4n) is 4.21. The standard InChI is InChI=1S/C23H31N5O/c29-23(24-11-6-14-27-12-2-1-3-13-27)20-9-7-19(8-10-20)21-17-22(26-18-25-21)28-15-4-5-16-28/h7-10,17-18H,1-6,11-16H2,(H,24,29). The average Bonchev–Trinajstić information content (AvgIpc) is 3.33. The van der Waals surface area contributed by atoms with E-state index in [1.165, 1.54) is 45.2 Å². The fraction of sp³-hybridized carbons (Fsp3) is 0.522. The van der Waals surface area contributed by atoms with E-state index in [1.54, 1.807) is 6.33 Å². The van der Waals surface area contributed by atoms with E-state index < -0.39 is 0 Å². The van der Waals surface area contributed by atoms with Crippen LogP contribution in [0.4, 0.5) is 5.82 Å². The van der Waals surface area contributed by atoms with E-state index in [2.05, 4.69) is 25.1 Å². The summed E-state index contributed by atoms with van der Waals surface area (Å²) in [5.41, 5.74) is 2.60. The van der Waals surface area contributed by atoms with Crippen LogP contribution in [0.25, 0.3) is 11.3 Å². The molecule has 0 atom stereocenters. The lowest BCUT2D eigenvalue weighted by atomic mass is 10.1. The number of nitrogens with one attached hydrogen (secondary N) is 1. The molecule has 1 aromatic heterocycles. The van der Waals surface area contributed by atoms with Gasteiger partial charge in [0.05, 0.1) is 5.69 Å². The molecule has 0 aliphatic carbocycles. The molecule has 2 aliphatic heterocycles. The lowest BCUT2D eigenvalue weighted by Gasteiger charge is -2.26. The van der Waals surface area contributed by atoms with Gasteiger partial charge in [0, 0.05) is 36.8 Å². The van der Waals surface area contributed by atoms with Crippen LogP contribution < -0.4 is 10.2 Å². The first kappa shape index (κ1) is 19.8. The number of anilines is 1. The van der Waals surface area contributed by atoms with Crippen molar-refractivity contribution in [3.63, 3.8) is 0 Å². The maximum atomic E-state index is 12.4. The number of carbonyl (C=O) groups excluding carboxylic acids is 1. The van der Waals surface area contributed by atoms with Crippen LogP contribution in [0.1, 0.15) is 48.9 Å². The predicted molar refractivity (Wildman–Crippen MR) is 116 cm³/mol. The molecule has 1 amide bonds. The number of amides is 1. The summed E-state index contributed by atoms with van der Waals surface area (Å²) in [7, 11) is 0. The molecule has 2 aromatic rings. The Morgan fingerprint density at radius 1 is 0.931 bits per heavy atom. The van der Waals surface area contributed by atoms with Crippen molar-refractivity contribution < 1.29 is 4.79 Å². The van der Waals surface area contributed by atoms with E-state index in [1.807, 2.05) is 30.3 Å². The van der Waals surface area contributed by atoms with Gasteiger partial charge in [0.1, 0.15) is 12.1 Å². The highest BCUT2D eigenvalue weighted by Crippen LogP contribution is 2.23. The Bertz CT molecular complexity index is 795. The zero-order valence-electron chi connectivity index (χ0n) is 17.1. The van der Waals surface area contributed by atoms with Crippen molar-refractivity contribution in [1.82, 2.24) is 20.2 Å². The summed E-state index contributed by atoms with van der Waals surface area (Å²) in [4.78, 5) is 26.1. The zero-order chi connectivity index (χ0) is 19.9. The van der Waals surface area contributed by atoms with Crippen LogP contribution in [0.15, 0.2) is 36.7 Å². The van der Waals surface area contributed by atoms with Gasteiger partial charge in [-0.05, 0) is 63.9 Å². The highest BCUT2D eigenvalue weighted by atomic mass is 16.1. The number of rotatable bonds is 7. The second-order valence-corrected chi connectivity index (χ2v) is 8.04. The van der Waals surface area contributed by atoms with Gasteiger partial charge in [-0.15, -0.1) is 0 Å². The van der Waals surface area contributed by atoms with Crippen LogP contribution >= 0.6 is 0 Å². The maximum Gasteiger partial charge on any atom is 0.251 e. The molecule has 2 saturated heterocycles. The zero-order valence-corrected chi connectivity index (χ0v) is 17.1. The molecule has 4 rings (SSSR count). The Morgan fingerprint density at radius 3 is 2.41 bits per heavy atom. The summed E-state index contributed by atoms with van der Waals surface area (Å²) in [5.74, 6) is 0.985. The van der Waals surface area contributed by atoms with Gasteiger partial charge in [0.25, 0.3) is 5.91 Å². The molecule has 1 aromatic carbocycles. The summed E-state index contributed by atoms with van der Waals surface area (Å²) in [6.45, 7) is 6.34. The van der Waals surface area contributed by atoms with Gasteiger partial charge < -0.3 is 15.1 Å². The quantitative estimate of drug-likeness (QED) is 0.731. The molecule has 3 heterocycles. The Hall–Kier alpha value is -2.47. The van der Waals surface area contributed by atoms with E-state index in [0.29, 0.717) is 5.56 Å². The van der Waals surface area contributed by atoms with Gasteiger partial charge in [-0.2, -0.15) is 0 Å². The third-order valence-electron chi connectivity index (χ3n) is 5.91. The summed E-state index contributed by atoms with van der Waals surface area (Å²) in [6.07, 6.45) is 9.06. The van der Waals surface area contributed by atoms with E-state index in [-0.39, 0.29) is 5.91 Å². The highest BCUT2D eigenvalue weighted by molar-refractivity contribution is 5.94. The van der Waals surface area contributed by atoms with Crippen molar-refractivity contribution >= 4 is 11.7 Å². The topological polar surface area (TPSA) is 61.4 Å². The molecule has 0 radical (unpaired) electrons. The Kier molecular flexibility index (Phi) is 6.72. The average molecular weight is 394 g/mol. The number of benzene rings is 1. The summed E-state index contributed by atoms with van der Waals surface area (Å²) >= 11 is 0. The number of hydrogen-bond acceptors (Lipinski definition) is 5. The monoisotopic (exact) mass is 393 g/mol. The minimum Gasteiger partial charge on any atom is -0.357 e. The van der Waals surface area contributed by atoms with Crippen LogP contribution in [0.3, 0.4) is 0 Å². The fourth-order valence-corrected chi connectivity index (χ4v) is 4.21. The van der Waals surface area contributed by atoms with Gasteiger partial charge in [-0.1, -0.05) is 18.6 Å². The normalized spacial score (nSPS) is 17.4. The molecule has 2 aliphatic rings. The molecule has 6 heteroatoms. The molecule has 0 saturated carbocycles. The first-order valence-corrected chi connectivity index (χ1v) is 11.0. The lowest BCUT2D eigenvalue weighted by Crippen LogP contribution is -2.33. The number of likely N-dealkylation sites (tertiary alicyclic amines) is 1. The molecule has 0 bridgehead atoms. The molecule has 2 fully saturated rings. The largest absolute Gasteiger partial charge is 0.357 e. The minimum atomic E-state index is -0.00404. The van der Waals surface area contributed by atoms with Crippen molar-refractivity contribution in [3.05, 3.63) is 42.2 Å². The molecule has 0 unspecified atom stereocenters. The Morgan fingerprint density at radius 2 is 1.66 bits per heavy atom. The molecule has 154 valence electrons. The van der Waals surface area contributed by atoms with E-state index in [0.717, 1.165) is 49.7 Å². The minimum absolute atomic E-state index is 0.00404. The second kappa shape index (κ2) is 9.83. The van der Waals surface area contributed by atoms with Crippen LogP contribution in [-0.4, -0.2) is 60.0 Å². The summed E-state index contributed by atoms with van der Waals surface area (Å²) in [5, 5.41) is 3.05. The number of nitrogens with zero attached hydrogens (tertiary/aromatic N) is 4. The molecular formula is C23H31N5O. The van der Waals surface area contributed by atoms with E-state index in [9.17, 15) is 4.79 Å². The summed E-state index contributed by atoms with van der Waals surface area (Å²) in [6, 6.07) is 9.75. The number of hydrogen-bond donors (Lipinski definition) is 1. The van der Waals surface area contributed by atoms with Gasteiger partial charge in [-0.25, -0.2) is 9.97 Å².